The molecule has 0 aromatic heterocycles. The molecular formula is C32H51NO12. The number of aliphatic hydroxyl groups excluding tert-OH is 5. The van der Waals surface area contributed by atoms with E-state index in [1.807, 2.05) is 0 Å². The van der Waals surface area contributed by atoms with E-state index in [0.29, 0.717) is 32.1 Å². The van der Waals surface area contributed by atoms with E-state index >= 15 is 0 Å². The zero-order valence-electron chi connectivity index (χ0n) is 26.3. The van der Waals surface area contributed by atoms with Crippen LogP contribution in [0, 0.1) is 46.3 Å². The van der Waals surface area contributed by atoms with Gasteiger partial charge in [-0.15, -0.1) is 0 Å². The second-order valence-corrected chi connectivity index (χ2v) is 15.1. The summed E-state index contributed by atoms with van der Waals surface area (Å²) in [5, 5.41) is 74.9. The highest BCUT2D eigenvalue weighted by molar-refractivity contribution is 5.81. The number of nitrogens with one attached hydrogen (secondary N) is 1. The van der Waals surface area contributed by atoms with Crippen molar-refractivity contribution in [2.24, 2.45) is 46.3 Å². The van der Waals surface area contributed by atoms with Gasteiger partial charge in [0.2, 0.25) is 5.91 Å². The average molecular weight is 642 g/mol. The number of carboxylic acids is 2. The second-order valence-electron chi connectivity index (χ2n) is 15.1. The van der Waals surface area contributed by atoms with Gasteiger partial charge in [0.15, 0.2) is 12.4 Å². The number of amides is 1. The number of carboxylic acid groups (broad SMARTS) is 2. The molecule has 0 spiro atoms. The Morgan fingerprint density at radius 1 is 0.933 bits per heavy atom. The van der Waals surface area contributed by atoms with Gasteiger partial charge in [-0.2, -0.15) is 0 Å². The van der Waals surface area contributed by atoms with E-state index in [-0.39, 0.29) is 53.3 Å². The van der Waals surface area contributed by atoms with E-state index in [4.69, 9.17) is 14.6 Å². The molecule has 0 bridgehead atoms. The van der Waals surface area contributed by atoms with Crippen molar-refractivity contribution < 1.29 is 59.6 Å². The maximum absolute atomic E-state index is 12.2. The van der Waals surface area contributed by atoms with E-state index in [1.54, 1.807) is 0 Å². The molecule has 5 rings (SSSR count). The van der Waals surface area contributed by atoms with Crippen LogP contribution < -0.4 is 5.32 Å². The largest absolute Gasteiger partial charge is 0.480 e. The fourth-order valence-electron chi connectivity index (χ4n) is 10.4. The molecule has 0 aromatic carbocycles. The number of aliphatic hydroxyl groups is 5. The highest BCUT2D eigenvalue weighted by atomic mass is 16.7. The van der Waals surface area contributed by atoms with Crippen LogP contribution in [0.2, 0.25) is 0 Å². The Morgan fingerprint density at radius 2 is 1.64 bits per heavy atom. The first-order valence-electron chi connectivity index (χ1n) is 16.5. The van der Waals surface area contributed by atoms with Crippen molar-refractivity contribution >= 4 is 17.8 Å². The smallest absolute Gasteiger partial charge is 0.335 e. The Morgan fingerprint density at radius 3 is 2.31 bits per heavy atom. The number of aliphatic carboxylic acids is 2. The third kappa shape index (κ3) is 6.14. The van der Waals surface area contributed by atoms with Crippen molar-refractivity contribution in [2.75, 3.05) is 6.54 Å². The molecule has 4 aliphatic carbocycles. The van der Waals surface area contributed by atoms with E-state index in [1.165, 1.54) is 0 Å². The molecule has 256 valence electrons. The van der Waals surface area contributed by atoms with Gasteiger partial charge in [0.25, 0.3) is 0 Å². The van der Waals surface area contributed by atoms with Crippen molar-refractivity contribution in [3.05, 3.63) is 0 Å². The lowest BCUT2D eigenvalue weighted by Gasteiger charge is -2.63. The van der Waals surface area contributed by atoms with Crippen LogP contribution in [0.4, 0.5) is 0 Å². The third-order valence-corrected chi connectivity index (χ3v) is 12.9. The summed E-state index contributed by atoms with van der Waals surface area (Å²) in [6.07, 6.45) is -4.28. The lowest BCUT2D eigenvalue weighted by Crippen LogP contribution is -2.63. The van der Waals surface area contributed by atoms with E-state index in [2.05, 4.69) is 26.1 Å². The number of fused-ring (bicyclic) bond motifs is 5. The fraction of sp³-hybridized carbons (Fsp3) is 0.906. The molecule has 1 aliphatic heterocycles. The van der Waals surface area contributed by atoms with Crippen LogP contribution in [-0.2, 0) is 23.9 Å². The summed E-state index contributed by atoms with van der Waals surface area (Å²) in [6.45, 7) is 6.08. The normalized spacial score (nSPS) is 48.4. The van der Waals surface area contributed by atoms with Crippen LogP contribution in [0.15, 0.2) is 0 Å². The molecule has 0 unspecified atom stereocenters. The van der Waals surface area contributed by atoms with Gasteiger partial charge in [-0.05, 0) is 97.7 Å². The minimum atomic E-state index is -1.79. The highest BCUT2D eigenvalue weighted by Gasteiger charge is 2.66. The fourth-order valence-corrected chi connectivity index (χ4v) is 10.4. The van der Waals surface area contributed by atoms with Crippen LogP contribution in [0.1, 0.15) is 78.6 Å². The molecule has 0 aromatic rings. The Hall–Kier alpha value is -1.87. The van der Waals surface area contributed by atoms with Crippen molar-refractivity contribution in [3.8, 4) is 0 Å². The van der Waals surface area contributed by atoms with E-state index in [9.17, 15) is 45.0 Å². The molecule has 13 heteroatoms. The number of hydrogen-bond donors (Lipinski definition) is 8. The number of carbonyl (C=O) groups excluding carboxylic acids is 1. The van der Waals surface area contributed by atoms with Gasteiger partial charge in [0, 0.05) is 6.42 Å². The summed E-state index contributed by atoms with van der Waals surface area (Å²) >= 11 is 0. The van der Waals surface area contributed by atoms with Gasteiger partial charge in [-0.1, -0.05) is 20.8 Å². The third-order valence-electron chi connectivity index (χ3n) is 12.9. The molecule has 5 aliphatic rings. The average Bonchev–Trinajstić information content (AvgIpc) is 3.34. The molecule has 5 fully saturated rings. The van der Waals surface area contributed by atoms with Crippen molar-refractivity contribution in [1.82, 2.24) is 5.32 Å². The number of rotatable bonds is 9. The molecule has 1 saturated heterocycles. The van der Waals surface area contributed by atoms with Crippen molar-refractivity contribution in [3.63, 3.8) is 0 Å². The Balaban J connectivity index is 1.25. The predicted molar refractivity (Wildman–Crippen MR) is 156 cm³/mol. The van der Waals surface area contributed by atoms with Crippen molar-refractivity contribution in [1.29, 1.82) is 0 Å². The molecule has 45 heavy (non-hydrogen) atoms. The van der Waals surface area contributed by atoms with Crippen LogP contribution >= 0.6 is 0 Å². The van der Waals surface area contributed by atoms with Gasteiger partial charge in [0.1, 0.15) is 24.9 Å². The second kappa shape index (κ2) is 13.0. The standard InChI is InChI=1S/C32H51NO12/c1-14(4-7-22(36)33-13-23(37)38)17-5-6-18-24-19(12-21(35)32(17,18)3)31(2)9-8-16(10-15(31)11-20(24)34)44-30-27(41)25(39)26(40)28(45-30)29(42)43/h14-21,24-28,30,34-35,39-41H,4-13H2,1-3H3,(H,33,36)(H,37,38)(H,42,43)/t14-,15+,16-,17-,18+,19+,20-,21+,24+,25+,26+,27-,28+,30-,31+,32-/m1/s1. The Bertz CT molecular complexity index is 1120. The summed E-state index contributed by atoms with van der Waals surface area (Å²) in [5.74, 6) is -2.28. The molecule has 1 heterocycles. The first-order valence-corrected chi connectivity index (χ1v) is 16.5. The van der Waals surface area contributed by atoms with Gasteiger partial charge >= 0.3 is 11.9 Å². The SMILES string of the molecule is C[C@H](CCC(=O)NCC(=O)O)[C@H]1CC[C@H]2[C@@H]3[C@H](O)C[C@@H]4C[C@H](O[C@@H]5O[C@H](C(=O)O)[C@@H](O)[C@H](O)[C@H]5O)CC[C@]4(C)[C@H]3C[C@H](O)[C@]12C. The lowest BCUT2D eigenvalue weighted by molar-refractivity contribution is -0.310. The van der Waals surface area contributed by atoms with Gasteiger partial charge in [-0.3, -0.25) is 9.59 Å². The molecule has 16 atom stereocenters. The van der Waals surface area contributed by atoms with Gasteiger partial charge in [0.05, 0.1) is 18.3 Å². The maximum atomic E-state index is 12.2. The van der Waals surface area contributed by atoms with Crippen LogP contribution in [0.3, 0.4) is 0 Å². The molecule has 0 radical (unpaired) electrons. The van der Waals surface area contributed by atoms with Crippen LogP contribution in [0.25, 0.3) is 0 Å². The Kier molecular flexibility index (Phi) is 9.93. The zero-order valence-corrected chi connectivity index (χ0v) is 26.3. The van der Waals surface area contributed by atoms with Gasteiger partial charge < -0.3 is 50.5 Å². The molecule has 8 N–H and O–H groups in total. The van der Waals surface area contributed by atoms with E-state index < -0.39 is 72.9 Å². The quantitative estimate of drug-likeness (QED) is 0.161. The minimum Gasteiger partial charge on any atom is -0.480 e. The monoisotopic (exact) mass is 641 g/mol. The predicted octanol–water partition coefficient (Wildman–Crippen LogP) is 0.481. The maximum Gasteiger partial charge on any atom is 0.335 e. The first-order chi connectivity index (χ1) is 21.1. The highest BCUT2D eigenvalue weighted by Crippen LogP contribution is 2.68. The zero-order chi connectivity index (χ0) is 33.0. The first kappa shape index (κ1) is 34.5. The van der Waals surface area contributed by atoms with Crippen LogP contribution in [0.5, 0.6) is 0 Å². The summed E-state index contributed by atoms with van der Waals surface area (Å²) in [7, 11) is 0. The lowest BCUT2D eigenvalue weighted by atomic mass is 9.43. The molecule has 13 nitrogen and oxygen atoms in total. The van der Waals surface area contributed by atoms with Crippen LogP contribution in [-0.4, -0.2) is 109 Å². The summed E-state index contributed by atoms with van der Waals surface area (Å²) < 4.78 is 11.4. The van der Waals surface area contributed by atoms with Crippen molar-refractivity contribution in [2.45, 2.75) is 128 Å². The van der Waals surface area contributed by atoms with E-state index in [0.717, 1.165) is 19.3 Å². The molecule has 4 saturated carbocycles. The topological polar surface area (TPSA) is 223 Å². The minimum absolute atomic E-state index is 0.0182. The Labute approximate surface area is 263 Å². The summed E-state index contributed by atoms with van der Waals surface area (Å²) in [4.78, 5) is 34.5. The number of ether oxygens (including phenoxy) is 2. The summed E-state index contributed by atoms with van der Waals surface area (Å²) in [6, 6.07) is 0. The molecule has 1 amide bonds. The molecular weight excluding hydrogens is 590 g/mol. The number of hydrogen-bond acceptors (Lipinski definition) is 10. The van der Waals surface area contributed by atoms with Gasteiger partial charge in [-0.25, -0.2) is 4.79 Å². The number of carbonyl (C=O) groups is 3. The summed E-state index contributed by atoms with van der Waals surface area (Å²) in [5.41, 5.74) is -0.591.